The predicted molar refractivity (Wildman–Crippen MR) is 125 cm³/mol. The van der Waals surface area contributed by atoms with E-state index in [0.29, 0.717) is 18.0 Å². The average Bonchev–Trinajstić information content (AvgIpc) is 2.83. The third-order valence-corrected chi connectivity index (χ3v) is 4.88. The van der Waals surface area contributed by atoms with E-state index in [1.54, 1.807) is 24.3 Å². The summed E-state index contributed by atoms with van der Waals surface area (Å²) >= 11 is 0. The Morgan fingerprint density at radius 1 is 0.848 bits per heavy atom. The Morgan fingerprint density at radius 3 is 2.18 bits per heavy atom. The average molecular weight is 447 g/mol. The van der Waals surface area contributed by atoms with Gasteiger partial charge in [0, 0.05) is 13.3 Å². The van der Waals surface area contributed by atoms with Crippen LogP contribution >= 0.6 is 0 Å². The SMILES string of the molecule is COC(=O)[C@@H](Cc1ccc(OCc2ccccc2)cc1)NC(=O)c1ccccc1NC(C)=O. The van der Waals surface area contributed by atoms with Crippen LogP contribution in [-0.2, 0) is 27.4 Å². The number of carbonyl (C=O) groups excluding carboxylic acids is 3. The Kier molecular flexibility index (Phi) is 8.18. The van der Waals surface area contributed by atoms with E-state index in [9.17, 15) is 14.4 Å². The van der Waals surface area contributed by atoms with E-state index < -0.39 is 17.9 Å². The van der Waals surface area contributed by atoms with Crippen molar-refractivity contribution in [3.05, 3.63) is 95.6 Å². The van der Waals surface area contributed by atoms with Crippen LogP contribution in [0.2, 0.25) is 0 Å². The van der Waals surface area contributed by atoms with E-state index in [4.69, 9.17) is 9.47 Å². The highest BCUT2D eigenvalue weighted by Crippen LogP contribution is 2.18. The molecule has 0 heterocycles. The Morgan fingerprint density at radius 2 is 1.52 bits per heavy atom. The minimum atomic E-state index is -0.899. The first-order valence-electron chi connectivity index (χ1n) is 10.5. The van der Waals surface area contributed by atoms with Gasteiger partial charge in [-0.3, -0.25) is 9.59 Å². The van der Waals surface area contributed by atoms with Gasteiger partial charge in [-0.25, -0.2) is 4.79 Å². The zero-order chi connectivity index (χ0) is 23.6. The highest BCUT2D eigenvalue weighted by Gasteiger charge is 2.24. The summed E-state index contributed by atoms with van der Waals surface area (Å²) in [6, 6.07) is 22.9. The van der Waals surface area contributed by atoms with Crippen molar-refractivity contribution in [1.29, 1.82) is 0 Å². The van der Waals surface area contributed by atoms with Gasteiger partial charge >= 0.3 is 5.97 Å². The second-order valence-electron chi connectivity index (χ2n) is 7.40. The van der Waals surface area contributed by atoms with Crippen LogP contribution in [-0.4, -0.2) is 30.9 Å². The molecule has 7 nitrogen and oxygen atoms in total. The van der Waals surface area contributed by atoms with Gasteiger partial charge in [0.05, 0.1) is 18.4 Å². The van der Waals surface area contributed by atoms with E-state index in [1.807, 2.05) is 54.6 Å². The molecule has 0 bridgehead atoms. The summed E-state index contributed by atoms with van der Waals surface area (Å²) in [6.07, 6.45) is 0.236. The highest BCUT2D eigenvalue weighted by molar-refractivity contribution is 6.04. The molecule has 33 heavy (non-hydrogen) atoms. The molecule has 3 aromatic carbocycles. The molecule has 0 aliphatic rings. The lowest BCUT2D eigenvalue weighted by atomic mass is 10.0. The van der Waals surface area contributed by atoms with Gasteiger partial charge in [0.25, 0.3) is 5.91 Å². The molecular formula is C26H26N2O5. The smallest absolute Gasteiger partial charge is 0.328 e. The Bertz CT molecular complexity index is 1100. The molecule has 0 radical (unpaired) electrons. The molecule has 0 unspecified atom stereocenters. The number of rotatable bonds is 9. The lowest BCUT2D eigenvalue weighted by molar-refractivity contribution is -0.142. The van der Waals surface area contributed by atoms with Gasteiger partial charge < -0.3 is 20.1 Å². The summed E-state index contributed by atoms with van der Waals surface area (Å²) in [7, 11) is 1.27. The molecule has 3 aromatic rings. The first kappa shape index (κ1) is 23.5. The van der Waals surface area contributed by atoms with Crippen molar-refractivity contribution in [3.8, 4) is 5.75 Å². The van der Waals surface area contributed by atoms with Gasteiger partial charge in [-0.05, 0) is 35.4 Å². The van der Waals surface area contributed by atoms with Crippen LogP contribution in [0.3, 0.4) is 0 Å². The molecule has 0 aliphatic heterocycles. The molecule has 0 saturated carbocycles. The van der Waals surface area contributed by atoms with Gasteiger partial charge in [0.15, 0.2) is 0 Å². The van der Waals surface area contributed by atoms with E-state index in [2.05, 4.69) is 10.6 Å². The number of nitrogens with one attached hydrogen (secondary N) is 2. The monoisotopic (exact) mass is 446 g/mol. The van der Waals surface area contributed by atoms with Crippen molar-refractivity contribution in [2.45, 2.75) is 26.0 Å². The molecule has 0 aromatic heterocycles. The minimum Gasteiger partial charge on any atom is -0.489 e. The minimum absolute atomic E-state index is 0.236. The number of esters is 1. The summed E-state index contributed by atoms with van der Waals surface area (Å²) in [5.41, 5.74) is 2.51. The summed E-state index contributed by atoms with van der Waals surface area (Å²) in [4.78, 5) is 36.6. The van der Waals surface area contributed by atoms with Crippen LogP contribution in [0.15, 0.2) is 78.9 Å². The third kappa shape index (κ3) is 6.93. The highest BCUT2D eigenvalue weighted by atomic mass is 16.5. The van der Waals surface area contributed by atoms with Crippen LogP contribution in [0.25, 0.3) is 0 Å². The van der Waals surface area contributed by atoms with Gasteiger partial charge in [0.1, 0.15) is 18.4 Å². The summed E-state index contributed by atoms with van der Waals surface area (Å²) in [5.74, 6) is -0.651. The van der Waals surface area contributed by atoms with Gasteiger partial charge in [0.2, 0.25) is 5.91 Å². The third-order valence-electron chi connectivity index (χ3n) is 4.88. The fourth-order valence-corrected chi connectivity index (χ4v) is 3.25. The number of methoxy groups -OCH3 is 1. The Balaban J connectivity index is 1.67. The van der Waals surface area contributed by atoms with Gasteiger partial charge in [-0.15, -0.1) is 0 Å². The Hall–Kier alpha value is -4.13. The van der Waals surface area contributed by atoms with Crippen molar-refractivity contribution >= 4 is 23.5 Å². The van der Waals surface area contributed by atoms with Crippen LogP contribution < -0.4 is 15.4 Å². The maximum atomic E-state index is 12.9. The fraction of sp³-hybridized carbons (Fsp3) is 0.192. The second-order valence-corrected chi connectivity index (χ2v) is 7.40. The standard InChI is InChI=1S/C26H26N2O5/c1-18(29)27-23-11-7-6-10-22(23)25(30)28-24(26(31)32-2)16-19-12-14-21(15-13-19)33-17-20-8-4-3-5-9-20/h3-15,24H,16-17H2,1-2H3,(H,27,29)(H,28,30)/t24-/m1/s1. The van der Waals surface area contributed by atoms with Crippen LogP contribution in [0.1, 0.15) is 28.4 Å². The normalized spacial score (nSPS) is 11.2. The van der Waals surface area contributed by atoms with Crippen molar-refractivity contribution in [1.82, 2.24) is 5.32 Å². The van der Waals surface area contributed by atoms with Gasteiger partial charge in [-0.1, -0.05) is 54.6 Å². The Labute approximate surface area is 192 Å². The quantitative estimate of drug-likeness (QED) is 0.489. The number of hydrogen-bond donors (Lipinski definition) is 2. The van der Waals surface area contributed by atoms with E-state index in [0.717, 1.165) is 11.1 Å². The maximum absolute atomic E-state index is 12.9. The number of ether oxygens (including phenoxy) is 2. The number of anilines is 1. The molecule has 2 amide bonds. The van der Waals surface area contributed by atoms with Crippen LogP contribution in [0.5, 0.6) is 5.75 Å². The molecule has 170 valence electrons. The number of carbonyl (C=O) groups is 3. The molecular weight excluding hydrogens is 420 g/mol. The van der Waals surface area contributed by atoms with E-state index >= 15 is 0 Å². The molecule has 0 saturated heterocycles. The summed E-state index contributed by atoms with van der Waals surface area (Å²) in [5, 5.41) is 5.33. The first-order valence-corrected chi connectivity index (χ1v) is 10.5. The lowest BCUT2D eigenvalue weighted by Crippen LogP contribution is -2.43. The predicted octanol–water partition coefficient (Wildman–Crippen LogP) is 3.74. The molecule has 0 fully saturated rings. The van der Waals surface area contributed by atoms with Crippen LogP contribution in [0.4, 0.5) is 5.69 Å². The second kappa shape index (κ2) is 11.5. The van der Waals surface area contributed by atoms with Crippen molar-refractivity contribution < 1.29 is 23.9 Å². The fourth-order valence-electron chi connectivity index (χ4n) is 3.25. The van der Waals surface area contributed by atoms with Crippen molar-refractivity contribution in [2.24, 2.45) is 0 Å². The zero-order valence-electron chi connectivity index (χ0n) is 18.5. The number of amides is 2. The molecule has 2 N–H and O–H groups in total. The molecule has 3 rings (SSSR count). The molecule has 7 heteroatoms. The molecule has 0 spiro atoms. The lowest BCUT2D eigenvalue weighted by Gasteiger charge is -2.18. The van der Waals surface area contributed by atoms with E-state index in [1.165, 1.54) is 14.0 Å². The summed E-state index contributed by atoms with van der Waals surface area (Å²) < 4.78 is 10.7. The topological polar surface area (TPSA) is 93.7 Å². The van der Waals surface area contributed by atoms with Gasteiger partial charge in [-0.2, -0.15) is 0 Å². The molecule has 0 aliphatic carbocycles. The zero-order valence-corrected chi connectivity index (χ0v) is 18.5. The van der Waals surface area contributed by atoms with Crippen LogP contribution in [0, 0.1) is 0 Å². The number of benzene rings is 3. The number of para-hydroxylation sites is 1. The van der Waals surface area contributed by atoms with Crippen molar-refractivity contribution in [3.63, 3.8) is 0 Å². The van der Waals surface area contributed by atoms with Crippen molar-refractivity contribution in [2.75, 3.05) is 12.4 Å². The first-order chi connectivity index (χ1) is 16.0. The largest absolute Gasteiger partial charge is 0.489 e. The maximum Gasteiger partial charge on any atom is 0.328 e. The van der Waals surface area contributed by atoms with E-state index in [-0.39, 0.29) is 17.9 Å². The molecule has 1 atom stereocenters. The summed E-state index contributed by atoms with van der Waals surface area (Å²) in [6.45, 7) is 1.81. The number of hydrogen-bond acceptors (Lipinski definition) is 5.